The van der Waals surface area contributed by atoms with E-state index in [9.17, 15) is 4.79 Å². The Morgan fingerprint density at radius 2 is 2.07 bits per heavy atom. The molecule has 0 heterocycles. The molecule has 1 saturated carbocycles. The fraction of sp³-hybridized carbons (Fsp3) is 0.909. The topological polar surface area (TPSA) is 44.4 Å². The second-order valence-electron chi connectivity index (χ2n) is 4.31. The van der Waals surface area contributed by atoms with Crippen molar-refractivity contribution in [2.75, 3.05) is 27.2 Å². The van der Waals surface area contributed by atoms with E-state index in [4.69, 9.17) is 0 Å². The van der Waals surface area contributed by atoms with Crippen molar-refractivity contribution in [3.63, 3.8) is 0 Å². The number of urea groups is 1. The summed E-state index contributed by atoms with van der Waals surface area (Å²) in [7, 11) is 3.79. The van der Waals surface area contributed by atoms with Gasteiger partial charge in [0.05, 0.1) is 0 Å². The Morgan fingerprint density at radius 1 is 1.40 bits per heavy atom. The summed E-state index contributed by atoms with van der Waals surface area (Å²) in [4.78, 5) is 13.5. The summed E-state index contributed by atoms with van der Waals surface area (Å²) >= 11 is 0. The van der Waals surface area contributed by atoms with Crippen LogP contribution in [0.5, 0.6) is 0 Å². The smallest absolute Gasteiger partial charge is 0.317 e. The molecule has 0 aromatic carbocycles. The lowest BCUT2D eigenvalue weighted by atomic mass is 10.2. The predicted octanol–water partition coefficient (Wildman–Crippen LogP) is 1.18. The van der Waals surface area contributed by atoms with Crippen LogP contribution in [0, 0.1) is 0 Å². The molecule has 2 amide bonds. The first-order valence-corrected chi connectivity index (χ1v) is 5.90. The standard InChI is InChI=1S/C11H23N3O/c1-12-8-5-9-14(2)11(15)13-10-6-3-4-7-10/h10,12H,3-9H2,1-2H3,(H,13,15). The number of hydrogen-bond acceptors (Lipinski definition) is 2. The zero-order valence-corrected chi connectivity index (χ0v) is 9.88. The summed E-state index contributed by atoms with van der Waals surface area (Å²) < 4.78 is 0. The van der Waals surface area contributed by atoms with E-state index in [1.807, 2.05) is 14.1 Å². The molecule has 0 atom stereocenters. The number of nitrogens with zero attached hydrogens (tertiary/aromatic N) is 1. The Bertz CT molecular complexity index is 190. The second kappa shape index (κ2) is 6.67. The highest BCUT2D eigenvalue weighted by molar-refractivity contribution is 5.74. The van der Waals surface area contributed by atoms with E-state index in [-0.39, 0.29) is 6.03 Å². The zero-order valence-electron chi connectivity index (χ0n) is 9.88. The van der Waals surface area contributed by atoms with E-state index in [0.717, 1.165) is 32.4 Å². The van der Waals surface area contributed by atoms with Crippen LogP contribution in [0.4, 0.5) is 4.79 Å². The SMILES string of the molecule is CNCCCN(C)C(=O)NC1CCCC1. The summed E-state index contributed by atoms with van der Waals surface area (Å²) in [6.07, 6.45) is 5.82. The number of amides is 2. The molecule has 0 aromatic heterocycles. The lowest BCUT2D eigenvalue weighted by molar-refractivity contribution is 0.204. The molecular weight excluding hydrogens is 190 g/mol. The molecule has 1 aliphatic carbocycles. The minimum absolute atomic E-state index is 0.0815. The number of nitrogens with one attached hydrogen (secondary N) is 2. The fourth-order valence-electron chi connectivity index (χ4n) is 1.95. The average molecular weight is 213 g/mol. The average Bonchev–Trinajstić information content (AvgIpc) is 2.70. The quantitative estimate of drug-likeness (QED) is 0.674. The highest BCUT2D eigenvalue weighted by Crippen LogP contribution is 2.17. The predicted molar refractivity (Wildman–Crippen MR) is 62.0 cm³/mol. The molecule has 1 fully saturated rings. The van der Waals surface area contributed by atoms with Gasteiger partial charge in [-0.3, -0.25) is 0 Å². The van der Waals surface area contributed by atoms with Gasteiger partial charge in [-0.1, -0.05) is 12.8 Å². The minimum Gasteiger partial charge on any atom is -0.335 e. The van der Waals surface area contributed by atoms with E-state index < -0.39 is 0 Å². The van der Waals surface area contributed by atoms with Gasteiger partial charge in [-0.2, -0.15) is 0 Å². The molecule has 1 aliphatic rings. The third kappa shape index (κ3) is 4.51. The van der Waals surface area contributed by atoms with Crippen molar-refractivity contribution in [1.82, 2.24) is 15.5 Å². The molecule has 4 heteroatoms. The van der Waals surface area contributed by atoms with E-state index in [1.165, 1.54) is 12.8 Å². The van der Waals surface area contributed by atoms with Gasteiger partial charge in [-0.05, 0) is 32.9 Å². The monoisotopic (exact) mass is 213 g/mol. The largest absolute Gasteiger partial charge is 0.335 e. The molecule has 88 valence electrons. The molecule has 0 radical (unpaired) electrons. The van der Waals surface area contributed by atoms with Crippen molar-refractivity contribution in [1.29, 1.82) is 0 Å². The highest BCUT2D eigenvalue weighted by Gasteiger charge is 2.18. The van der Waals surface area contributed by atoms with Gasteiger partial charge in [0.25, 0.3) is 0 Å². The molecule has 0 aliphatic heterocycles. The lowest BCUT2D eigenvalue weighted by Gasteiger charge is -2.20. The molecule has 15 heavy (non-hydrogen) atoms. The second-order valence-corrected chi connectivity index (χ2v) is 4.31. The van der Waals surface area contributed by atoms with Gasteiger partial charge in [0.2, 0.25) is 0 Å². The Hall–Kier alpha value is -0.770. The Kier molecular flexibility index (Phi) is 5.47. The van der Waals surface area contributed by atoms with E-state index in [0.29, 0.717) is 6.04 Å². The van der Waals surface area contributed by atoms with Crippen LogP contribution in [-0.2, 0) is 0 Å². The molecule has 0 unspecified atom stereocenters. The summed E-state index contributed by atoms with van der Waals surface area (Å²) in [5.41, 5.74) is 0. The van der Waals surface area contributed by atoms with Crippen molar-refractivity contribution in [2.45, 2.75) is 38.1 Å². The summed E-state index contributed by atoms with van der Waals surface area (Å²) in [5.74, 6) is 0. The summed E-state index contributed by atoms with van der Waals surface area (Å²) in [6.45, 7) is 1.78. The molecule has 2 N–H and O–H groups in total. The van der Waals surface area contributed by atoms with Gasteiger partial charge in [-0.25, -0.2) is 4.79 Å². The molecular formula is C11H23N3O. The third-order valence-electron chi connectivity index (χ3n) is 2.95. The molecule has 0 saturated heterocycles. The number of rotatable bonds is 5. The van der Waals surface area contributed by atoms with Crippen molar-refractivity contribution < 1.29 is 4.79 Å². The van der Waals surface area contributed by atoms with Gasteiger partial charge in [0.15, 0.2) is 0 Å². The Balaban J connectivity index is 2.14. The molecule has 1 rings (SSSR count). The van der Waals surface area contributed by atoms with Crippen LogP contribution >= 0.6 is 0 Å². The van der Waals surface area contributed by atoms with E-state index in [2.05, 4.69) is 10.6 Å². The summed E-state index contributed by atoms with van der Waals surface area (Å²) in [6, 6.07) is 0.502. The maximum Gasteiger partial charge on any atom is 0.317 e. The first kappa shape index (κ1) is 12.3. The molecule has 0 aromatic rings. The summed E-state index contributed by atoms with van der Waals surface area (Å²) in [5, 5.41) is 6.15. The van der Waals surface area contributed by atoms with Crippen LogP contribution in [-0.4, -0.2) is 44.2 Å². The van der Waals surface area contributed by atoms with E-state index in [1.54, 1.807) is 4.90 Å². The van der Waals surface area contributed by atoms with Crippen LogP contribution in [0.2, 0.25) is 0 Å². The number of hydrogen-bond donors (Lipinski definition) is 2. The van der Waals surface area contributed by atoms with Crippen LogP contribution in [0.3, 0.4) is 0 Å². The maximum atomic E-state index is 11.7. The number of carbonyl (C=O) groups excluding carboxylic acids is 1. The van der Waals surface area contributed by atoms with Crippen molar-refractivity contribution in [3.8, 4) is 0 Å². The Morgan fingerprint density at radius 3 is 2.67 bits per heavy atom. The zero-order chi connectivity index (χ0) is 11.1. The van der Waals surface area contributed by atoms with Crippen molar-refractivity contribution in [2.24, 2.45) is 0 Å². The van der Waals surface area contributed by atoms with Gasteiger partial charge in [0, 0.05) is 19.6 Å². The molecule has 0 spiro atoms. The van der Waals surface area contributed by atoms with Crippen LogP contribution in [0.25, 0.3) is 0 Å². The van der Waals surface area contributed by atoms with Crippen molar-refractivity contribution in [3.05, 3.63) is 0 Å². The minimum atomic E-state index is 0.0815. The maximum absolute atomic E-state index is 11.7. The van der Waals surface area contributed by atoms with Gasteiger partial charge >= 0.3 is 6.03 Å². The van der Waals surface area contributed by atoms with Crippen LogP contribution in [0.1, 0.15) is 32.1 Å². The van der Waals surface area contributed by atoms with Gasteiger partial charge in [-0.15, -0.1) is 0 Å². The molecule has 0 bridgehead atoms. The van der Waals surface area contributed by atoms with Gasteiger partial charge in [0.1, 0.15) is 0 Å². The number of carbonyl (C=O) groups is 1. The van der Waals surface area contributed by atoms with Gasteiger partial charge < -0.3 is 15.5 Å². The van der Waals surface area contributed by atoms with Crippen molar-refractivity contribution >= 4 is 6.03 Å². The van der Waals surface area contributed by atoms with E-state index >= 15 is 0 Å². The first-order valence-electron chi connectivity index (χ1n) is 5.90. The third-order valence-corrected chi connectivity index (χ3v) is 2.95. The highest BCUT2D eigenvalue weighted by atomic mass is 16.2. The lowest BCUT2D eigenvalue weighted by Crippen LogP contribution is -2.42. The normalized spacial score (nSPS) is 16.7. The van der Waals surface area contributed by atoms with Crippen LogP contribution < -0.4 is 10.6 Å². The first-order chi connectivity index (χ1) is 7.24. The van der Waals surface area contributed by atoms with Crippen LogP contribution in [0.15, 0.2) is 0 Å². The molecule has 4 nitrogen and oxygen atoms in total. The fourth-order valence-corrected chi connectivity index (χ4v) is 1.95. The Labute approximate surface area is 92.4 Å².